The molecule has 1 aliphatic heterocycles. The summed E-state index contributed by atoms with van der Waals surface area (Å²) in [6, 6.07) is 15.8. The monoisotopic (exact) mass is 813 g/mol. The van der Waals surface area contributed by atoms with Crippen LogP contribution >= 0.6 is 33.9 Å². The fourth-order valence-corrected chi connectivity index (χ4v) is 6.92. The van der Waals surface area contributed by atoms with E-state index in [-0.39, 0.29) is 43.2 Å². The van der Waals surface area contributed by atoms with Gasteiger partial charge < -0.3 is 23.7 Å². The number of nitro groups is 1. The summed E-state index contributed by atoms with van der Waals surface area (Å²) in [7, 11) is 1.26. The molecule has 4 aromatic rings. The van der Waals surface area contributed by atoms with Crippen molar-refractivity contribution in [1.82, 2.24) is 4.57 Å². The van der Waals surface area contributed by atoms with E-state index in [1.54, 1.807) is 69.3 Å². The zero-order valence-electron chi connectivity index (χ0n) is 27.5. The highest BCUT2D eigenvalue weighted by Crippen LogP contribution is 2.36. The van der Waals surface area contributed by atoms with Crippen LogP contribution in [0, 0.1) is 13.7 Å². The summed E-state index contributed by atoms with van der Waals surface area (Å²) in [5.41, 5.74) is 2.17. The quantitative estimate of drug-likeness (QED) is 0.0792. The van der Waals surface area contributed by atoms with Crippen molar-refractivity contribution in [2.24, 2.45) is 4.99 Å². The number of allylic oxidation sites excluding steroid dienone is 1. The molecule has 0 spiro atoms. The summed E-state index contributed by atoms with van der Waals surface area (Å²) in [4.78, 5) is 54.9. The normalized spacial score (nSPS) is 14.0. The Balaban J connectivity index is 1.52. The van der Waals surface area contributed by atoms with Crippen LogP contribution in [0.5, 0.6) is 17.2 Å². The van der Waals surface area contributed by atoms with Crippen molar-refractivity contribution in [2.75, 3.05) is 26.9 Å². The van der Waals surface area contributed by atoms with Gasteiger partial charge in [-0.25, -0.2) is 14.6 Å². The molecule has 0 saturated heterocycles. The Morgan fingerprint density at radius 3 is 2.50 bits per heavy atom. The molecule has 0 amide bonds. The Morgan fingerprint density at radius 1 is 1.02 bits per heavy atom. The predicted octanol–water partition coefficient (Wildman–Crippen LogP) is 4.84. The molecular formula is C35H32IN3O10S. The summed E-state index contributed by atoms with van der Waals surface area (Å²) in [5, 5.41) is 11.1. The molecule has 0 N–H and O–H groups in total. The number of esters is 2. The second-order valence-corrected chi connectivity index (χ2v) is 12.9. The van der Waals surface area contributed by atoms with Crippen molar-refractivity contribution in [1.29, 1.82) is 0 Å². The Kier molecular flexibility index (Phi) is 11.7. The first-order chi connectivity index (χ1) is 24.0. The van der Waals surface area contributed by atoms with E-state index in [0.29, 0.717) is 43.4 Å². The van der Waals surface area contributed by atoms with E-state index in [2.05, 4.69) is 32.3 Å². The molecule has 0 radical (unpaired) electrons. The van der Waals surface area contributed by atoms with Crippen LogP contribution in [0.3, 0.4) is 0 Å². The molecular weight excluding hydrogens is 781 g/mol. The first-order valence-corrected chi connectivity index (χ1v) is 17.3. The lowest BCUT2D eigenvalue weighted by molar-refractivity contribution is -0.384. The summed E-state index contributed by atoms with van der Waals surface area (Å²) in [6.07, 6.45) is 1.74. The third-order valence-electron chi connectivity index (χ3n) is 7.44. The van der Waals surface area contributed by atoms with Gasteiger partial charge in [-0.05, 0) is 90.4 Å². The summed E-state index contributed by atoms with van der Waals surface area (Å²) in [6.45, 7) is 5.42. The van der Waals surface area contributed by atoms with Gasteiger partial charge in [0.15, 0.2) is 22.9 Å². The maximum Gasteiger partial charge on any atom is 0.343 e. The van der Waals surface area contributed by atoms with Gasteiger partial charge in [-0.3, -0.25) is 19.5 Å². The lowest BCUT2D eigenvalue weighted by atomic mass is 9.95. The maximum absolute atomic E-state index is 14.1. The minimum atomic E-state index is -0.897. The highest BCUT2D eigenvalue weighted by atomic mass is 127. The van der Waals surface area contributed by atoms with Crippen molar-refractivity contribution < 1.29 is 38.2 Å². The number of methoxy groups -OCH3 is 1. The van der Waals surface area contributed by atoms with E-state index < -0.39 is 22.9 Å². The zero-order valence-corrected chi connectivity index (χ0v) is 30.4. The van der Waals surface area contributed by atoms with E-state index in [1.165, 1.54) is 35.1 Å². The van der Waals surface area contributed by atoms with Crippen molar-refractivity contribution in [2.45, 2.75) is 33.4 Å². The number of benzene rings is 3. The van der Waals surface area contributed by atoms with Crippen LogP contribution in [0.15, 0.2) is 81.7 Å². The molecule has 1 aliphatic rings. The number of hydrogen-bond acceptors (Lipinski definition) is 12. The van der Waals surface area contributed by atoms with Gasteiger partial charge in [0.25, 0.3) is 11.2 Å². The van der Waals surface area contributed by atoms with Crippen molar-refractivity contribution in [3.05, 3.63) is 122 Å². The number of carbonyl (C=O) groups excluding carboxylic acids is 2. The van der Waals surface area contributed by atoms with Gasteiger partial charge in [-0.15, -0.1) is 0 Å². The minimum Gasteiger partial charge on any atom is -0.490 e. The molecule has 0 fully saturated rings. The number of aromatic nitrogens is 1. The lowest BCUT2D eigenvalue weighted by Crippen LogP contribution is -2.40. The maximum atomic E-state index is 14.1. The molecule has 0 aliphatic carbocycles. The molecule has 2 heterocycles. The van der Waals surface area contributed by atoms with Crippen LogP contribution in [0.2, 0.25) is 0 Å². The van der Waals surface area contributed by atoms with E-state index in [1.807, 2.05) is 6.07 Å². The Hall–Kier alpha value is -5.03. The number of rotatable bonds is 13. The van der Waals surface area contributed by atoms with Crippen LogP contribution in [-0.2, 0) is 25.7 Å². The van der Waals surface area contributed by atoms with E-state index in [9.17, 15) is 24.5 Å². The Bertz CT molecular complexity index is 2180. The number of nitrogens with zero attached hydrogens (tertiary/aromatic N) is 3. The number of fused-ring (bicyclic) bond motifs is 1. The number of halogens is 1. The molecule has 0 saturated carbocycles. The molecule has 50 heavy (non-hydrogen) atoms. The fraction of sp³-hybridized carbons (Fsp3) is 0.257. The van der Waals surface area contributed by atoms with Gasteiger partial charge in [-0.1, -0.05) is 35.6 Å². The molecule has 13 nitrogen and oxygen atoms in total. The summed E-state index contributed by atoms with van der Waals surface area (Å²) >= 11 is 3.32. The number of thiazole rings is 1. The third-order valence-corrected chi connectivity index (χ3v) is 9.27. The standard InChI is InChI=1S/C35H32IN3O10S/c1-5-46-28-17-23(11-13-27(28)49-19-30(40)45-4)32-31(34(42)47-6-2)20(3)37-35-38(32)33(41)29(50-35)16-21-10-12-26(25(36)15-21)48-18-22-8-7-9-24(14-22)39(43)44/h7-17,32H,5-6,18-19H2,1-4H3/b29-16-/t32-/m1/s1. The smallest absolute Gasteiger partial charge is 0.343 e. The SMILES string of the molecule is CCOC(=O)C1=C(C)N=c2s/c(=C\c3ccc(OCc4cccc([N+](=O)[O-])c4)c(I)c3)c(=O)n2[C@@H]1c1ccc(OCC(=O)OC)c(OCC)c1. The third kappa shape index (κ3) is 8.05. The molecule has 1 atom stereocenters. The van der Waals surface area contributed by atoms with Gasteiger partial charge in [0.2, 0.25) is 0 Å². The van der Waals surface area contributed by atoms with Gasteiger partial charge in [0.05, 0.1) is 50.7 Å². The summed E-state index contributed by atoms with van der Waals surface area (Å²) < 4.78 is 30.1. The molecule has 0 bridgehead atoms. The number of carbonyl (C=O) groups is 2. The van der Waals surface area contributed by atoms with Crippen molar-refractivity contribution in [3.63, 3.8) is 0 Å². The number of non-ortho nitro benzene ring substituents is 1. The van der Waals surface area contributed by atoms with Crippen LogP contribution in [0.25, 0.3) is 6.08 Å². The Morgan fingerprint density at radius 2 is 1.80 bits per heavy atom. The largest absolute Gasteiger partial charge is 0.490 e. The molecule has 5 rings (SSSR count). The first-order valence-electron chi connectivity index (χ1n) is 15.4. The molecule has 15 heteroatoms. The lowest BCUT2D eigenvalue weighted by Gasteiger charge is -2.25. The van der Waals surface area contributed by atoms with Crippen LogP contribution in [0.4, 0.5) is 5.69 Å². The topological polar surface area (TPSA) is 158 Å². The number of ether oxygens (including phenoxy) is 5. The van der Waals surface area contributed by atoms with E-state index in [4.69, 9.17) is 18.9 Å². The van der Waals surface area contributed by atoms with Crippen LogP contribution in [-0.4, -0.2) is 48.4 Å². The zero-order chi connectivity index (χ0) is 35.9. The first kappa shape index (κ1) is 36.3. The summed E-state index contributed by atoms with van der Waals surface area (Å²) in [5.74, 6) is 0.0149. The Labute approximate surface area is 303 Å². The van der Waals surface area contributed by atoms with E-state index in [0.717, 1.165) is 9.13 Å². The fourth-order valence-electron chi connectivity index (χ4n) is 5.18. The minimum absolute atomic E-state index is 0.0131. The number of hydrogen-bond donors (Lipinski definition) is 0. The second-order valence-electron chi connectivity index (χ2n) is 10.7. The average Bonchev–Trinajstić information content (AvgIpc) is 3.40. The molecule has 0 unspecified atom stereocenters. The number of nitro benzene ring substituents is 1. The van der Waals surface area contributed by atoms with Crippen LogP contribution < -0.4 is 29.1 Å². The highest BCUT2D eigenvalue weighted by molar-refractivity contribution is 14.1. The molecule has 260 valence electrons. The average molecular weight is 814 g/mol. The van der Waals surface area contributed by atoms with Gasteiger partial charge >= 0.3 is 11.9 Å². The highest BCUT2D eigenvalue weighted by Gasteiger charge is 2.34. The molecule has 3 aromatic carbocycles. The predicted molar refractivity (Wildman–Crippen MR) is 192 cm³/mol. The van der Waals surface area contributed by atoms with Crippen molar-refractivity contribution in [3.8, 4) is 17.2 Å². The van der Waals surface area contributed by atoms with E-state index >= 15 is 0 Å². The van der Waals surface area contributed by atoms with Crippen molar-refractivity contribution >= 4 is 57.6 Å². The van der Waals surface area contributed by atoms with Crippen LogP contribution in [0.1, 0.15) is 43.5 Å². The van der Waals surface area contributed by atoms with Gasteiger partial charge in [0, 0.05) is 12.1 Å². The molecule has 1 aromatic heterocycles. The van der Waals surface area contributed by atoms with Gasteiger partial charge in [0.1, 0.15) is 12.4 Å². The van der Waals surface area contributed by atoms with Gasteiger partial charge in [-0.2, -0.15) is 0 Å². The second kappa shape index (κ2) is 16.1.